The normalized spacial score (nSPS) is 15.5. The van der Waals surface area contributed by atoms with Crippen molar-refractivity contribution >= 4 is 23.3 Å². The van der Waals surface area contributed by atoms with Crippen molar-refractivity contribution in [3.63, 3.8) is 0 Å². The van der Waals surface area contributed by atoms with Gasteiger partial charge in [-0.2, -0.15) is 0 Å². The molecule has 1 aromatic heterocycles. The van der Waals surface area contributed by atoms with E-state index in [0.29, 0.717) is 31.1 Å². The molecule has 2 rings (SSSR count). The summed E-state index contributed by atoms with van der Waals surface area (Å²) in [5.41, 5.74) is 2.47. The van der Waals surface area contributed by atoms with E-state index in [0.717, 1.165) is 5.69 Å². The van der Waals surface area contributed by atoms with Crippen LogP contribution in [0.5, 0.6) is 0 Å². The largest absolute Gasteiger partial charge is 0.334 e. The molecule has 0 bridgehead atoms. The van der Waals surface area contributed by atoms with Gasteiger partial charge in [0.15, 0.2) is 0 Å². The molecule has 1 aromatic rings. The van der Waals surface area contributed by atoms with Crippen LogP contribution in [0.1, 0.15) is 15.4 Å². The van der Waals surface area contributed by atoms with Gasteiger partial charge in [0, 0.05) is 40.3 Å². The van der Waals surface area contributed by atoms with Crippen LogP contribution >= 0.6 is 11.3 Å². The first-order valence-electron chi connectivity index (χ1n) is 6.16. The molecule has 6 nitrogen and oxygen atoms in total. The minimum absolute atomic E-state index is 0.000991. The van der Waals surface area contributed by atoms with E-state index in [1.54, 1.807) is 34.3 Å². The van der Waals surface area contributed by atoms with Crippen LogP contribution in [0.4, 0.5) is 4.79 Å². The highest BCUT2D eigenvalue weighted by Gasteiger charge is 2.26. The summed E-state index contributed by atoms with van der Waals surface area (Å²) in [7, 11) is 3.47. The van der Waals surface area contributed by atoms with Gasteiger partial charge in [0.2, 0.25) is 0 Å². The Hall–Kier alpha value is -1.63. The number of urea groups is 1. The van der Waals surface area contributed by atoms with Gasteiger partial charge in [-0.15, -0.1) is 11.3 Å². The fourth-order valence-corrected chi connectivity index (χ4v) is 2.80. The summed E-state index contributed by atoms with van der Waals surface area (Å²) in [6, 6.07) is 0.000991. The Morgan fingerprint density at radius 3 is 2.26 bits per heavy atom. The van der Waals surface area contributed by atoms with Crippen molar-refractivity contribution in [2.45, 2.75) is 6.92 Å². The van der Waals surface area contributed by atoms with Gasteiger partial charge in [-0.3, -0.25) is 4.79 Å². The Kier molecular flexibility index (Phi) is 4.04. The first-order valence-corrected chi connectivity index (χ1v) is 7.04. The summed E-state index contributed by atoms with van der Waals surface area (Å²) in [4.78, 5) is 34.0. The molecule has 0 aliphatic carbocycles. The number of amides is 3. The quantitative estimate of drug-likeness (QED) is 0.768. The van der Waals surface area contributed by atoms with Crippen LogP contribution in [0.2, 0.25) is 0 Å². The summed E-state index contributed by atoms with van der Waals surface area (Å²) >= 11 is 1.37. The molecular weight excluding hydrogens is 264 g/mol. The number of aromatic nitrogens is 1. The molecule has 104 valence electrons. The maximum Gasteiger partial charge on any atom is 0.319 e. The van der Waals surface area contributed by atoms with Crippen molar-refractivity contribution < 1.29 is 9.59 Å². The average Bonchev–Trinajstić information content (AvgIpc) is 2.83. The van der Waals surface area contributed by atoms with Crippen molar-refractivity contribution in [1.29, 1.82) is 0 Å². The smallest absolute Gasteiger partial charge is 0.319 e. The Labute approximate surface area is 116 Å². The lowest BCUT2D eigenvalue weighted by Gasteiger charge is -2.35. The highest BCUT2D eigenvalue weighted by atomic mass is 32.1. The fraction of sp³-hybridized carbons (Fsp3) is 0.583. The second-order valence-electron chi connectivity index (χ2n) is 4.72. The molecule has 3 amide bonds. The Bertz CT molecular complexity index is 478. The average molecular weight is 282 g/mol. The van der Waals surface area contributed by atoms with Crippen LogP contribution in [0.25, 0.3) is 0 Å². The second-order valence-corrected chi connectivity index (χ2v) is 5.58. The van der Waals surface area contributed by atoms with Crippen LogP contribution in [0.3, 0.4) is 0 Å². The first kappa shape index (κ1) is 13.8. The molecule has 1 saturated heterocycles. The van der Waals surface area contributed by atoms with Gasteiger partial charge in [-0.05, 0) is 6.92 Å². The van der Waals surface area contributed by atoms with E-state index >= 15 is 0 Å². The molecule has 1 aliphatic heterocycles. The van der Waals surface area contributed by atoms with Crippen LogP contribution in [-0.4, -0.2) is 71.9 Å². The SMILES string of the molecule is Cc1ncsc1C(=O)N1CCN(C(=O)N(C)C)CC1. The van der Waals surface area contributed by atoms with Crippen molar-refractivity contribution in [2.24, 2.45) is 0 Å². The maximum absolute atomic E-state index is 12.3. The number of carbonyl (C=O) groups is 2. The lowest BCUT2D eigenvalue weighted by atomic mass is 10.3. The highest BCUT2D eigenvalue weighted by molar-refractivity contribution is 7.11. The van der Waals surface area contributed by atoms with Crippen LogP contribution < -0.4 is 0 Å². The molecule has 19 heavy (non-hydrogen) atoms. The minimum Gasteiger partial charge on any atom is -0.334 e. The predicted molar refractivity (Wildman–Crippen MR) is 73.4 cm³/mol. The van der Waals surface area contributed by atoms with Crippen LogP contribution in [0.15, 0.2) is 5.51 Å². The van der Waals surface area contributed by atoms with Crippen molar-refractivity contribution in [1.82, 2.24) is 19.7 Å². The van der Waals surface area contributed by atoms with E-state index in [1.165, 1.54) is 11.3 Å². The zero-order valence-electron chi connectivity index (χ0n) is 11.4. The lowest BCUT2D eigenvalue weighted by molar-refractivity contribution is 0.0654. The Morgan fingerprint density at radius 2 is 1.79 bits per heavy atom. The van der Waals surface area contributed by atoms with Crippen LogP contribution in [0, 0.1) is 6.92 Å². The summed E-state index contributed by atoms with van der Waals surface area (Å²) in [6.45, 7) is 4.17. The van der Waals surface area contributed by atoms with Crippen molar-refractivity contribution in [3.8, 4) is 0 Å². The Balaban J connectivity index is 1.95. The van der Waals surface area contributed by atoms with Gasteiger partial charge in [-0.1, -0.05) is 0 Å². The molecule has 0 radical (unpaired) electrons. The van der Waals surface area contributed by atoms with Crippen molar-refractivity contribution in [3.05, 3.63) is 16.1 Å². The molecule has 1 fully saturated rings. The number of nitrogens with zero attached hydrogens (tertiary/aromatic N) is 4. The van der Waals surface area contributed by atoms with Gasteiger partial charge in [-0.25, -0.2) is 9.78 Å². The summed E-state index contributed by atoms with van der Waals surface area (Å²) in [5.74, 6) is 0.0250. The number of thiazole rings is 1. The Morgan fingerprint density at radius 1 is 1.21 bits per heavy atom. The number of carbonyl (C=O) groups excluding carboxylic acids is 2. The summed E-state index contributed by atoms with van der Waals surface area (Å²) in [5, 5.41) is 0. The predicted octanol–water partition coefficient (Wildman–Crippen LogP) is 0.891. The zero-order valence-corrected chi connectivity index (χ0v) is 12.2. The third-order valence-corrected chi connectivity index (χ3v) is 4.08. The molecule has 0 unspecified atom stereocenters. The van der Waals surface area contributed by atoms with E-state index in [-0.39, 0.29) is 11.9 Å². The lowest BCUT2D eigenvalue weighted by Crippen LogP contribution is -2.52. The molecule has 1 aliphatic rings. The van der Waals surface area contributed by atoms with E-state index in [4.69, 9.17) is 0 Å². The summed E-state index contributed by atoms with van der Waals surface area (Å²) < 4.78 is 0. The fourth-order valence-electron chi connectivity index (χ4n) is 2.03. The molecule has 0 spiro atoms. The molecule has 0 saturated carbocycles. The molecule has 7 heteroatoms. The molecule has 2 heterocycles. The molecule has 0 atom stereocenters. The minimum atomic E-state index is 0.000991. The number of rotatable bonds is 1. The zero-order chi connectivity index (χ0) is 14.0. The third kappa shape index (κ3) is 2.86. The van der Waals surface area contributed by atoms with E-state index in [1.807, 2.05) is 6.92 Å². The van der Waals surface area contributed by atoms with Gasteiger partial charge in [0.1, 0.15) is 4.88 Å². The molecule has 0 N–H and O–H groups in total. The van der Waals surface area contributed by atoms with Gasteiger partial charge in [0.25, 0.3) is 5.91 Å². The van der Waals surface area contributed by atoms with Gasteiger partial charge >= 0.3 is 6.03 Å². The molecular formula is C12H18N4O2S. The number of aryl methyl sites for hydroxylation is 1. The summed E-state index contributed by atoms with van der Waals surface area (Å²) in [6.07, 6.45) is 0. The first-order chi connectivity index (χ1) is 9.00. The van der Waals surface area contributed by atoms with Crippen LogP contribution in [-0.2, 0) is 0 Å². The standard InChI is InChI=1S/C12H18N4O2S/c1-9-10(19-8-13-9)11(17)15-4-6-16(7-5-15)12(18)14(2)3/h8H,4-7H2,1-3H3. The van der Waals surface area contributed by atoms with E-state index < -0.39 is 0 Å². The maximum atomic E-state index is 12.3. The number of hydrogen-bond acceptors (Lipinski definition) is 4. The van der Waals surface area contributed by atoms with E-state index in [2.05, 4.69) is 4.98 Å². The topological polar surface area (TPSA) is 56.8 Å². The molecule has 0 aromatic carbocycles. The second kappa shape index (κ2) is 5.56. The van der Waals surface area contributed by atoms with Crippen molar-refractivity contribution in [2.75, 3.05) is 40.3 Å². The van der Waals surface area contributed by atoms with E-state index in [9.17, 15) is 9.59 Å². The number of piperazine rings is 1. The van der Waals surface area contributed by atoms with Gasteiger partial charge < -0.3 is 14.7 Å². The van der Waals surface area contributed by atoms with Gasteiger partial charge in [0.05, 0.1) is 11.2 Å². The third-order valence-electron chi connectivity index (χ3n) is 3.16. The number of hydrogen-bond donors (Lipinski definition) is 0. The highest BCUT2D eigenvalue weighted by Crippen LogP contribution is 2.16. The monoisotopic (exact) mass is 282 g/mol.